The molecule has 0 saturated carbocycles. The van der Waals surface area contributed by atoms with Gasteiger partial charge in [0.1, 0.15) is 5.25 Å². The van der Waals surface area contributed by atoms with Gasteiger partial charge in [0.25, 0.3) is 0 Å². The molecule has 90 valence electrons. The van der Waals surface area contributed by atoms with E-state index in [1.165, 1.54) is 0 Å². The molecule has 2 fully saturated rings. The molecule has 2 heterocycles. The number of benzene rings is 1. The number of sulfone groups is 1. The molecule has 4 nitrogen and oxygen atoms in total. The van der Waals surface area contributed by atoms with Crippen molar-refractivity contribution in [3.63, 3.8) is 0 Å². The van der Waals surface area contributed by atoms with Crippen LogP contribution in [-0.2, 0) is 14.6 Å². The van der Waals surface area contributed by atoms with E-state index < -0.39 is 15.1 Å². The molecule has 3 rings (SSSR count). The summed E-state index contributed by atoms with van der Waals surface area (Å²) < 4.78 is 23.3. The lowest BCUT2D eigenvalue weighted by Gasteiger charge is -2.28. The fraction of sp³-hybridized carbons (Fsp3) is 0.417. The Morgan fingerprint density at radius 1 is 1.29 bits per heavy atom. The van der Waals surface area contributed by atoms with E-state index in [0.29, 0.717) is 6.42 Å². The van der Waals surface area contributed by atoms with Gasteiger partial charge in [-0.15, -0.1) is 0 Å². The Labute approximate surface area is 100 Å². The maximum Gasteiger partial charge on any atom is 0.245 e. The van der Waals surface area contributed by atoms with Crippen molar-refractivity contribution >= 4 is 21.4 Å². The highest BCUT2D eigenvalue weighted by molar-refractivity contribution is 7.93. The summed E-state index contributed by atoms with van der Waals surface area (Å²) in [5, 5.41) is -0.799. The molecule has 1 amide bonds. The van der Waals surface area contributed by atoms with Crippen LogP contribution in [0.4, 0.5) is 5.69 Å². The van der Waals surface area contributed by atoms with Gasteiger partial charge in [0, 0.05) is 5.69 Å². The number of para-hydroxylation sites is 1. The number of fused-ring (bicyclic) bond motifs is 2. The Bertz CT molecular complexity index is 594. The number of carbonyl (C=O) groups excluding carboxylic acids is 1. The first kappa shape index (κ1) is 10.8. The van der Waals surface area contributed by atoms with Crippen LogP contribution in [0.5, 0.6) is 0 Å². The second-order valence-electron chi connectivity index (χ2n) is 4.70. The van der Waals surface area contributed by atoms with E-state index in [9.17, 15) is 13.2 Å². The van der Waals surface area contributed by atoms with Gasteiger partial charge in [-0.25, -0.2) is 8.42 Å². The molecule has 17 heavy (non-hydrogen) atoms. The highest BCUT2D eigenvalue weighted by Gasteiger charge is 2.55. The number of anilines is 1. The Balaban J connectivity index is 2.05. The van der Waals surface area contributed by atoms with Crippen molar-refractivity contribution in [1.82, 2.24) is 0 Å². The molecule has 0 radical (unpaired) electrons. The number of hydrogen-bond acceptors (Lipinski definition) is 3. The van der Waals surface area contributed by atoms with E-state index in [2.05, 4.69) is 0 Å². The Morgan fingerprint density at radius 2 is 2.00 bits per heavy atom. The monoisotopic (exact) mass is 251 g/mol. The highest BCUT2D eigenvalue weighted by Crippen LogP contribution is 2.38. The van der Waals surface area contributed by atoms with E-state index >= 15 is 0 Å². The molecule has 2 atom stereocenters. The van der Waals surface area contributed by atoms with Crippen LogP contribution in [0.25, 0.3) is 0 Å². The summed E-state index contributed by atoms with van der Waals surface area (Å²) in [5.41, 5.74) is 1.85. The van der Waals surface area contributed by atoms with Crippen LogP contribution in [0, 0.1) is 6.92 Å². The zero-order valence-corrected chi connectivity index (χ0v) is 10.3. The number of carbonyl (C=O) groups is 1. The third-order valence-electron chi connectivity index (χ3n) is 3.60. The van der Waals surface area contributed by atoms with Gasteiger partial charge in [0.2, 0.25) is 5.91 Å². The van der Waals surface area contributed by atoms with Crippen LogP contribution in [0.3, 0.4) is 0 Å². The average molecular weight is 251 g/mol. The molecule has 5 heteroatoms. The number of amides is 1. The fourth-order valence-electron chi connectivity index (χ4n) is 2.76. The Morgan fingerprint density at radius 3 is 2.59 bits per heavy atom. The second-order valence-corrected chi connectivity index (χ2v) is 6.93. The SMILES string of the molecule is Cc1ccccc1N1C(=O)C2CC1CS2(=O)=O. The van der Waals surface area contributed by atoms with E-state index in [0.717, 1.165) is 11.3 Å². The minimum absolute atomic E-state index is 0.109. The molecule has 2 saturated heterocycles. The van der Waals surface area contributed by atoms with Gasteiger partial charge in [-0.2, -0.15) is 0 Å². The lowest BCUT2D eigenvalue weighted by Crippen LogP contribution is -2.45. The summed E-state index contributed by atoms with van der Waals surface area (Å²) in [6, 6.07) is 7.42. The summed E-state index contributed by atoms with van der Waals surface area (Å²) in [4.78, 5) is 13.7. The molecule has 1 aromatic carbocycles. The quantitative estimate of drug-likeness (QED) is 0.745. The summed E-state index contributed by atoms with van der Waals surface area (Å²) in [6.07, 6.45) is 0.454. The van der Waals surface area contributed by atoms with Gasteiger partial charge in [0.05, 0.1) is 11.8 Å². The predicted octanol–water partition coefficient (Wildman–Crippen LogP) is 0.897. The topological polar surface area (TPSA) is 54.5 Å². The van der Waals surface area contributed by atoms with Gasteiger partial charge in [-0.1, -0.05) is 18.2 Å². The van der Waals surface area contributed by atoms with Crippen LogP contribution in [0.2, 0.25) is 0 Å². The number of nitrogens with zero attached hydrogens (tertiary/aromatic N) is 1. The van der Waals surface area contributed by atoms with Crippen molar-refractivity contribution in [2.45, 2.75) is 24.6 Å². The van der Waals surface area contributed by atoms with E-state index in [1.807, 2.05) is 31.2 Å². The second kappa shape index (κ2) is 3.32. The van der Waals surface area contributed by atoms with Gasteiger partial charge in [0.15, 0.2) is 9.84 Å². The maximum absolute atomic E-state index is 12.1. The molecular formula is C12H13NO3S. The minimum atomic E-state index is -3.18. The zero-order valence-electron chi connectivity index (χ0n) is 9.46. The summed E-state index contributed by atoms with van der Waals surface area (Å²) in [5.74, 6) is -0.145. The third-order valence-corrected chi connectivity index (χ3v) is 5.71. The Kier molecular flexibility index (Phi) is 2.10. The van der Waals surface area contributed by atoms with Gasteiger partial charge in [-0.05, 0) is 25.0 Å². The van der Waals surface area contributed by atoms with E-state index in [4.69, 9.17) is 0 Å². The van der Waals surface area contributed by atoms with Gasteiger partial charge in [-0.3, -0.25) is 4.79 Å². The van der Waals surface area contributed by atoms with Crippen molar-refractivity contribution in [3.05, 3.63) is 29.8 Å². The molecule has 0 aromatic heterocycles. The highest BCUT2D eigenvalue weighted by atomic mass is 32.2. The van der Waals surface area contributed by atoms with Crippen LogP contribution in [-0.4, -0.2) is 31.4 Å². The average Bonchev–Trinajstić information content (AvgIpc) is 2.72. The maximum atomic E-state index is 12.1. The number of aryl methyl sites for hydroxylation is 1. The van der Waals surface area contributed by atoms with E-state index in [1.54, 1.807) is 4.90 Å². The third kappa shape index (κ3) is 1.42. The normalized spacial score (nSPS) is 29.9. The van der Waals surface area contributed by atoms with Crippen LogP contribution in [0.1, 0.15) is 12.0 Å². The molecule has 1 aromatic rings. The van der Waals surface area contributed by atoms with Gasteiger partial charge < -0.3 is 4.90 Å². The molecule has 2 bridgehead atoms. The lowest BCUT2D eigenvalue weighted by molar-refractivity contribution is -0.117. The minimum Gasteiger partial charge on any atom is -0.307 e. The largest absolute Gasteiger partial charge is 0.307 e. The smallest absolute Gasteiger partial charge is 0.245 e. The van der Waals surface area contributed by atoms with Crippen molar-refractivity contribution in [3.8, 4) is 0 Å². The van der Waals surface area contributed by atoms with E-state index in [-0.39, 0.29) is 17.7 Å². The summed E-state index contributed by atoms with van der Waals surface area (Å²) >= 11 is 0. The van der Waals surface area contributed by atoms with Crippen LogP contribution < -0.4 is 4.90 Å². The summed E-state index contributed by atoms with van der Waals surface area (Å²) in [6.45, 7) is 1.93. The zero-order chi connectivity index (χ0) is 12.2. The van der Waals surface area contributed by atoms with Crippen molar-refractivity contribution in [2.24, 2.45) is 0 Å². The van der Waals surface area contributed by atoms with Crippen molar-refractivity contribution in [2.75, 3.05) is 10.7 Å². The molecule has 0 N–H and O–H groups in total. The Hall–Kier alpha value is -1.36. The molecule has 0 spiro atoms. The fourth-order valence-corrected chi connectivity index (χ4v) is 4.75. The number of hydrogen-bond donors (Lipinski definition) is 0. The van der Waals surface area contributed by atoms with Gasteiger partial charge >= 0.3 is 0 Å². The van der Waals surface area contributed by atoms with Crippen molar-refractivity contribution < 1.29 is 13.2 Å². The summed E-state index contributed by atoms with van der Waals surface area (Å²) in [7, 11) is -3.18. The van der Waals surface area contributed by atoms with Crippen molar-refractivity contribution in [1.29, 1.82) is 0 Å². The predicted molar refractivity (Wildman–Crippen MR) is 64.6 cm³/mol. The first-order valence-electron chi connectivity index (χ1n) is 5.61. The standard InChI is InChI=1S/C12H13NO3S/c1-8-4-2-3-5-10(8)13-9-6-11(12(13)14)17(15,16)7-9/h2-5,9,11H,6-7H2,1H3. The molecule has 0 aliphatic carbocycles. The molecule has 2 aliphatic heterocycles. The lowest BCUT2D eigenvalue weighted by atomic mass is 10.1. The molecular weight excluding hydrogens is 238 g/mol. The first-order valence-corrected chi connectivity index (χ1v) is 7.32. The molecule has 2 unspecified atom stereocenters. The molecule has 2 aliphatic rings. The van der Waals surface area contributed by atoms with Crippen LogP contribution >= 0.6 is 0 Å². The number of rotatable bonds is 1. The van der Waals surface area contributed by atoms with Crippen LogP contribution in [0.15, 0.2) is 24.3 Å². The first-order chi connectivity index (χ1) is 8.00.